The summed E-state index contributed by atoms with van der Waals surface area (Å²) in [6, 6.07) is 13.6. The van der Waals surface area contributed by atoms with Crippen LogP contribution in [0.5, 0.6) is 11.5 Å². The Morgan fingerprint density at radius 3 is 2.38 bits per heavy atom. The highest BCUT2D eigenvalue weighted by atomic mass is 16.5. The van der Waals surface area contributed by atoms with Gasteiger partial charge in [-0.3, -0.25) is 0 Å². The molecular weight excluding hydrogens is 330 g/mol. The molecular formula is C20H25N3O3. The van der Waals surface area contributed by atoms with Crippen LogP contribution >= 0.6 is 0 Å². The summed E-state index contributed by atoms with van der Waals surface area (Å²) in [6.07, 6.45) is 0. The molecule has 6 heteroatoms. The Balaban J connectivity index is 1.63. The summed E-state index contributed by atoms with van der Waals surface area (Å²) < 4.78 is 10.6. The van der Waals surface area contributed by atoms with Crippen molar-refractivity contribution in [1.29, 1.82) is 0 Å². The highest BCUT2D eigenvalue weighted by Crippen LogP contribution is 2.29. The third-order valence-corrected chi connectivity index (χ3v) is 4.67. The summed E-state index contributed by atoms with van der Waals surface area (Å²) in [4.78, 5) is 16.8. The Morgan fingerprint density at radius 2 is 1.73 bits per heavy atom. The molecule has 0 bridgehead atoms. The number of carbonyl (C=O) groups excluding carboxylic acids is 1. The molecule has 0 atom stereocenters. The van der Waals surface area contributed by atoms with Crippen LogP contribution in [-0.2, 0) is 0 Å². The highest BCUT2D eigenvalue weighted by Gasteiger charge is 2.22. The van der Waals surface area contributed by atoms with Crippen LogP contribution in [0.25, 0.3) is 0 Å². The van der Waals surface area contributed by atoms with Crippen molar-refractivity contribution in [3.8, 4) is 11.5 Å². The molecule has 138 valence electrons. The normalized spacial score (nSPS) is 14.1. The summed E-state index contributed by atoms with van der Waals surface area (Å²) >= 11 is 0. The molecule has 0 aromatic heterocycles. The van der Waals surface area contributed by atoms with Gasteiger partial charge in [0.2, 0.25) is 0 Å². The first-order chi connectivity index (χ1) is 12.6. The number of para-hydroxylation sites is 1. The summed E-state index contributed by atoms with van der Waals surface area (Å²) in [5.74, 6) is 1.28. The Morgan fingerprint density at radius 1 is 1.00 bits per heavy atom. The fourth-order valence-corrected chi connectivity index (χ4v) is 3.17. The minimum absolute atomic E-state index is 0.124. The molecule has 1 saturated heterocycles. The minimum Gasteiger partial charge on any atom is -0.497 e. The average molecular weight is 355 g/mol. The number of methoxy groups -OCH3 is 2. The number of aryl methyl sites for hydroxylation is 1. The first-order valence-corrected chi connectivity index (χ1v) is 8.71. The van der Waals surface area contributed by atoms with E-state index < -0.39 is 0 Å². The molecule has 0 saturated carbocycles. The average Bonchev–Trinajstić information content (AvgIpc) is 2.68. The van der Waals surface area contributed by atoms with Gasteiger partial charge in [-0.1, -0.05) is 18.2 Å². The lowest BCUT2D eigenvalue weighted by molar-refractivity contribution is 0.208. The van der Waals surface area contributed by atoms with E-state index in [2.05, 4.69) is 35.3 Å². The second-order valence-electron chi connectivity index (χ2n) is 6.26. The molecule has 0 radical (unpaired) electrons. The molecule has 6 nitrogen and oxygen atoms in total. The number of anilines is 2. The van der Waals surface area contributed by atoms with Gasteiger partial charge < -0.3 is 24.6 Å². The van der Waals surface area contributed by atoms with E-state index in [1.54, 1.807) is 32.4 Å². The number of hydrogen-bond acceptors (Lipinski definition) is 4. The standard InChI is InChI=1S/C20H25N3O3/c1-15-6-4-5-7-18(15)22-10-12-23(13-11-22)20(24)21-17-14-16(25-2)8-9-19(17)26-3/h4-9,14H,10-13H2,1-3H3,(H,21,24). The van der Waals surface area contributed by atoms with E-state index >= 15 is 0 Å². The fraction of sp³-hybridized carbons (Fsp3) is 0.350. The van der Waals surface area contributed by atoms with Crippen molar-refractivity contribution in [2.24, 2.45) is 0 Å². The molecule has 1 aliphatic heterocycles. The number of nitrogens with zero attached hydrogens (tertiary/aromatic N) is 2. The zero-order valence-corrected chi connectivity index (χ0v) is 15.5. The molecule has 2 amide bonds. The van der Waals surface area contributed by atoms with Crippen molar-refractivity contribution in [2.45, 2.75) is 6.92 Å². The first-order valence-electron chi connectivity index (χ1n) is 8.71. The maximum atomic E-state index is 12.6. The van der Waals surface area contributed by atoms with Gasteiger partial charge in [-0.25, -0.2) is 4.79 Å². The molecule has 1 aliphatic rings. The van der Waals surface area contributed by atoms with Crippen LogP contribution in [0.2, 0.25) is 0 Å². The number of rotatable bonds is 4. The second-order valence-corrected chi connectivity index (χ2v) is 6.26. The number of nitrogens with one attached hydrogen (secondary N) is 1. The first kappa shape index (κ1) is 17.9. The van der Waals surface area contributed by atoms with Crippen molar-refractivity contribution in [1.82, 2.24) is 4.90 Å². The number of benzene rings is 2. The van der Waals surface area contributed by atoms with Gasteiger partial charge in [-0.05, 0) is 30.7 Å². The summed E-state index contributed by atoms with van der Waals surface area (Å²) in [5.41, 5.74) is 3.10. The molecule has 2 aromatic rings. The van der Waals surface area contributed by atoms with Gasteiger partial charge in [0.25, 0.3) is 0 Å². The lowest BCUT2D eigenvalue weighted by Crippen LogP contribution is -2.50. The van der Waals surface area contributed by atoms with Crippen molar-refractivity contribution < 1.29 is 14.3 Å². The van der Waals surface area contributed by atoms with Gasteiger partial charge >= 0.3 is 6.03 Å². The Labute approximate surface area is 154 Å². The molecule has 1 fully saturated rings. The lowest BCUT2D eigenvalue weighted by Gasteiger charge is -2.36. The van der Waals surface area contributed by atoms with Crippen LogP contribution in [0, 0.1) is 6.92 Å². The predicted molar refractivity (Wildman–Crippen MR) is 104 cm³/mol. The molecule has 0 aliphatic carbocycles. The Kier molecular flexibility index (Phi) is 5.51. The van der Waals surface area contributed by atoms with Gasteiger partial charge in [0.05, 0.1) is 19.9 Å². The molecule has 3 rings (SSSR count). The third kappa shape index (κ3) is 3.85. The number of amides is 2. The molecule has 2 aromatic carbocycles. The SMILES string of the molecule is COc1ccc(OC)c(NC(=O)N2CCN(c3ccccc3C)CC2)c1. The number of ether oxygens (including phenoxy) is 2. The molecule has 1 N–H and O–H groups in total. The van der Waals surface area contributed by atoms with Crippen molar-refractivity contribution in [2.75, 3.05) is 50.6 Å². The van der Waals surface area contributed by atoms with E-state index in [0.29, 0.717) is 30.3 Å². The number of urea groups is 1. The monoisotopic (exact) mass is 355 g/mol. The van der Waals surface area contributed by atoms with Crippen LogP contribution in [0.1, 0.15) is 5.56 Å². The van der Waals surface area contributed by atoms with Crippen LogP contribution in [-0.4, -0.2) is 51.3 Å². The van der Waals surface area contributed by atoms with Gasteiger partial charge in [-0.2, -0.15) is 0 Å². The van der Waals surface area contributed by atoms with Crippen LogP contribution in [0.3, 0.4) is 0 Å². The largest absolute Gasteiger partial charge is 0.497 e. The smallest absolute Gasteiger partial charge is 0.322 e. The van der Waals surface area contributed by atoms with Crippen molar-refractivity contribution in [3.05, 3.63) is 48.0 Å². The van der Waals surface area contributed by atoms with E-state index in [1.807, 2.05) is 11.0 Å². The van der Waals surface area contributed by atoms with Gasteiger partial charge in [-0.15, -0.1) is 0 Å². The summed E-state index contributed by atoms with van der Waals surface area (Å²) in [6.45, 7) is 5.09. The third-order valence-electron chi connectivity index (χ3n) is 4.67. The van der Waals surface area contributed by atoms with Gasteiger partial charge in [0, 0.05) is 37.9 Å². The van der Waals surface area contributed by atoms with E-state index in [1.165, 1.54) is 11.3 Å². The lowest BCUT2D eigenvalue weighted by atomic mass is 10.1. The summed E-state index contributed by atoms with van der Waals surface area (Å²) in [5, 5.41) is 2.94. The van der Waals surface area contributed by atoms with Gasteiger partial charge in [0.15, 0.2) is 0 Å². The maximum absolute atomic E-state index is 12.6. The van der Waals surface area contributed by atoms with E-state index in [0.717, 1.165) is 13.1 Å². The Hall–Kier alpha value is -2.89. The maximum Gasteiger partial charge on any atom is 0.322 e. The van der Waals surface area contributed by atoms with Crippen LogP contribution in [0.15, 0.2) is 42.5 Å². The predicted octanol–water partition coefficient (Wildman–Crippen LogP) is 3.37. The molecule has 0 spiro atoms. The fourth-order valence-electron chi connectivity index (χ4n) is 3.17. The molecule has 26 heavy (non-hydrogen) atoms. The van der Waals surface area contributed by atoms with Crippen LogP contribution in [0.4, 0.5) is 16.2 Å². The summed E-state index contributed by atoms with van der Waals surface area (Å²) in [7, 11) is 3.18. The minimum atomic E-state index is -0.124. The van der Waals surface area contributed by atoms with Crippen molar-refractivity contribution >= 4 is 17.4 Å². The zero-order chi connectivity index (χ0) is 18.5. The Bertz CT molecular complexity index is 771. The quantitative estimate of drug-likeness (QED) is 0.914. The number of piperazine rings is 1. The topological polar surface area (TPSA) is 54.0 Å². The zero-order valence-electron chi connectivity index (χ0n) is 15.5. The highest BCUT2D eigenvalue weighted by molar-refractivity contribution is 5.91. The van der Waals surface area contributed by atoms with Crippen LogP contribution < -0.4 is 19.7 Å². The van der Waals surface area contributed by atoms with Gasteiger partial charge in [0.1, 0.15) is 11.5 Å². The van der Waals surface area contributed by atoms with Crippen molar-refractivity contribution in [3.63, 3.8) is 0 Å². The second kappa shape index (κ2) is 7.99. The van der Waals surface area contributed by atoms with E-state index in [-0.39, 0.29) is 6.03 Å². The molecule has 0 unspecified atom stereocenters. The number of carbonyl (C=O) groups is 1. The number of hydrogen-bond donors (Lipinski definition) is 1. The molecule has 1 heterocycles. The van der Waals surface area contributed by atoms with E-state index in [9.17, 15) is 4.79 Å². The van der Waals surface area contributed by atoms with E-state index in [4.69, 9.17) is 9.47 Å².